The van der Waals surface area contributed by atoms with Crippen LogP contribution >= 0.6 is 22.9 Å². The second-order valence-corrected chi connectivity index (χ2v) is 4.66. The molecule has 0 amide bonds. The van der Waals surface area contributed by atoms with Gasteiger partial charge in [-0.2, -0.15) is 0 Å². The second-order valence-electron chi connectivity index (χ2n) is 3.00. The number of hydrogen-bond donors (Lipinski definition) is 1. The molecule has 0 unspecified atom stereocenters. The summed E-state index contributed by atoms with van der Waals surface area (Å²) in [6, 6.07) is 3.79. The van der Waals surface area contributed by atoms with E-state index in [-0.39, 0.29) is 22.3 Å². The minimum Gasteiger partial charge on any atom is -0.391 e. The smallest absolute Gasteiger partial charge is 0.184 e. The standard InChI is InChI=1S/C10H6ClF2NOS/c11-10-14-9(7(4-15)16-10)5-2-1-3-6(12)8(5)13/h1-3,15H,4H2. The monoisotopic (exact) mass is 261 g/mol. The van der Waals surface area contributed by atoms with E-state index in [0.29, 0.717) is 4.88 Å². The molecule has 16 heavy (non-hydrogen) atoms. The second kappa shape index (κ2) is 4.45. The van der Waals surface area contributed by atoms with Crippen molar-refractivity contribution in [2.24, 2.45) is 0 Å². The number of aliphatic hydroxyl groups is 1. The Balaban J connectivity index is 2.62. The molecule has 0 atom stereocenters. The van der Waals surface area contributed by atoms with Gasteiger partial charge in [0.1, 0.15) is 0 Å². The third kappa shape index (κ3) is 1.93. The van der Waals surface area contributed by atoms with Gasteiger partial charge in [-0.15, -0.1) is 11.3 Å². The van der Waals surface area contributed by atoms with Crippen LogP contribution in [0.15, 0.2) is 18.2 Å². The van der Waals surface area contributed by atoms with E-state index in [1.54, 1.807) is 0 Å². The van der Waals surface area contributed by atoms with Gasteiger partial charge in [0.05, 0.1) is 17.2 Å². The molecule has 2 nitrogen and oxygen atoms in total. The van der Waals surface area contributed by atoms with Gasteiger partial charge in [0.15, 0.2) is 16.1 Å². The summed E-state index contributed by atoms with van der Waals surface area (Å²) >= 11 is 6.71. The average Bonchev–Trinajstić information content (AvgIpc) is 2.63. The summed E-state index contributed by atoms with van der Waals surface area (Å²) in [7, 11) is 0. The first-order valence-corrected chi connectivity index (χ1v) is 5.53. The summed E-state index contributed by atoms with van der Waals surface area (Å²) in [5, 5.41) is 9.05. The van der Waals surface area contributed by atoms with Crippen LogP contribution in [0.25, 0.3) is 11.3 Å². The zero-order chi connectivity index (χ0) is 11.7. The zero-order valence-electron chi connectivity index (χ0n) is 7.88. The number of benzene rings is 1. The van der Waals surface area contributed by atoms with E-state index < -0.39 is 11.6 Å². The van der Waals surface area contributed by atoms with E-state index in [2.05, 4.69) is 4.98 Å². The highest BCUT2D eigenvalue weighted by molar-refractivity contribution is 7.16. The van der Waals surface area contributed by atoms with Crippen LogP contribution in [-0.4, -0.2) is 10.1 Å². The topological polar surface area (TPSA) is 33.1 Å². The van der Waals surface area contributed by atoms with Gasteiger partial charge in [0, 0.05) is 5.56 Å². The number of aliphatic hydroxyl groups excluding tert-OH is 1. The number of nitrogens with zero attached hydrogens (tertiary/aromatic N) is 1. The highest BCUT2D eigenvalue weighted by Crippen LogP contribution is 2.32. The van der Waals surface area contributed by atoms with Crippen LogP contribution in [0.5, 0.6) is 0 Å². The van der Waals surface area contributed by atoms with Crippen molar-refractivity contribution in [2.75, 3.05) is 0 Å². The van der Waals surface area contributed by atoms with Gasteiger partial charge in [0.2, 0.25) is 0 Å². The normalized spacial score (nSPS) is 10.8. The van der Waals surface area contributed by atoms with Gasteiger partial charge in [-0.3, -0.25) is 0 Å². The lowest BCUT2D eigenvalue weighted by molar-refractivity contribution is 0.286. The van der Waals surface area contributed by atoms with E-state index in [1.807, 2.05) is 0 Å². The van der Waals surface area contributed by atoms with Gasteiger partial charge < -0.3 is 5.11 Å². The first-order chi connectivity index (χ1) is 7.63. The molecule has 0 bridgehead atoms. The minimum atomic E-state index is -0.987. The van der Waals surface area contributed by atoms with Crippen molar-refractivity contribution in [3.63, 3.8) is 0 Å². The Hall–Kier alpha value is -1.04. The summed E-state index contributed by atoms with van der Waals surface area (Å²) in [6.45, 7) is -0.310. The number of aromatic nitrogens is 1. The van der Waals surface area contributed by atoms with Gasteiger partial charge in [-0.1, -0.05) is 17.7 Å². The molecule has 1 heterocycles. The maximum absolute atomic E-state index is 13.5. The Morgan fingerprint density at radius 3 is 2.81 bits per heavy atom. The van der Waals surface area contributed by atoms with Crippen LogP contribution in [0.1, 0.15) is 4.88 Å². The average molecular weight is 262 g/mol. The molecule has 2 rings (SSSR count). The lowest BCUT2D eigenvalue weighted by atomic mass is 10.1. The van der Waals surface area contributed by atoms with Crippen LogP contribution < -0.4 is 0 Å². The molecular formula is C10H6ClF2NOS. The molecule has 1 aromatic heterocycles. The van der Waals surface area contributed by atoms with E-state index >= 15 is 0 Å². The third-order valence-corrected chi connectivity index (χ3v) is 3.17. The molecule has 0 spiro atoms. The number of hydrogen-bond acceptors (Lipinski definition) is 3. The largest absolute Gasteiger partial charge is 0.391 e. The molecule has 2 aromatic rings. The quantitative estimate of drug-likeness (QED) is 0.900. The molecule has 0 aliphatic rings. The van der Waals surface area contributed by atoms with Gasteiger partial charge in [-0.25, -0.2) is 13.8 Å². The first kappa shape index (κ1) is 11.4. The predicted octanol–water partition coefficient (Wildman–Crippen LogP) is 3.23. The van der Waals surface area contributed by atoms with Crippen molar-refractivity contribution in [1.29, 1.82) is 0 Å². The Morgan fingerprint density at radius 2 is 2.12 bits per heavy atom. The van der Waals surface area contributed by atoms with E-state index in [4.69, 9.17) is 16.7 Å². The van der Waals surface area contributed by atoms with Crippen molar-refractivity contribution in [1.82, 2.24) is 4.98 Å². The zero-order valence-corrected chi connectivity index (χ0v) is 9.45. The number of rotatable bonds is 2. The Morgan fingerprint density at radius 1 is 1.38 bits per heavy atom. The molecule has 1 N–H and O–H groups in total. The summed E-state index contributed by atoms with van der Waals surface area (Å²) < 4.78 is 26.7. The number of thiazole rings is 1. The summed E-state index contributed by atoms with van der Waals surface area (Å²) in [6.07, 6.45) is 0. The summed E-state index contributed by atoms with van der Waals surface area (Å²) in [4.78, 5) is 4.28. The van der Waals surface area contributed by atoms with Crippen LogP contribution in [0, 0.1) is 11.6 Å². The summed E-state index contributed by atoms with van der Waals surface area (Å²) in [5.41, 5.74) is 0.196. The highest BCUT2D eigenvalue weighted by atomic mass is 35.5. The molecule has 0 saturated carbocycles. The van der Waals surface area contributed by atoms with E-state index in [0.717, 1.165) is 17.4 Å². The summed E-state index contributed by atoms with van der Waals surface area (Å²) in [5.74, 6) is -1.94. The molecule has 0 aliphatic carbocycles. The highest BCUT2D eigenvalue weighted by Gasteiger charge is 2.17. The molecular weight excluding hydrogens is 256 g/mol. The fourth-order valence-corrected chi connectivity index (χ4v) is 2.35. The molecule has 0 saturated heterocycles. The van der Waals surface area contributed by atoms with E-state index in [9.17, 15) is 8.78 Å². The minimum absolute atomic E-state index is 0.00667. The lowest BCUT2D eigenvalue weighted by Crippen LogP contribution is -1.92. The van der Waals surface area contributed by atoms with Crippen molar-refractivity contribution in [2.45, 2.75) is 6.61 Å². The van der Waals surface area contributed by atoms with Crippen molar-refractivity contribution < 1.29 is 13.9 Å². The number of halogens is 3. The Kier molecular flexibility index (Phi) is 3.18. The van der Waals surface area contributed by atoms with Crippen molar-refractivity contribution in [3.8, 4) is 11.3 Å². The lowest BCUT2D eigenvalue weighted by Gasteiger charge is -2.02. The predicted molar refractivity (Wildman–Crippen MR) is 58.4 cm³/mol. The SMILES string of the molecule is OCc1sc(Cl)nc1-c1cccc(F)c1F. The first-order valence-electron chi connectivity index (χ1n) is 4.34. The molecule has 6 heteroatoms. The Bertz CT molecular complexity index is 530. The van der Waals surface area contributed by atoms with Gasteiger partial charge in [0.25, 0.3) is 0 Å². The molecule has 0 aliphatic heterocycles. The molecule has 0 radical (unpaired) electrons. The van der Waals surface area contributed by atoms with Crippen LogP contribution in [0.3, 0.4) is 0 Å². The van der Waals surface area contributed by atoms with Gasteiger partial charge in [-0.05, 0) is 12.1 Å². The van der Waals surface area contributed by atoms with E-state index in [1.165, 1.54) is 12.1 Å². The van der Waals surface area contributed by atoms with Crippen molar-refractivity contribution in [3.05, 3.63) is 39.2 Å². The third-order valence-electron chi connectivity index (χ3n) is 2.02. The molecule has 0 fully saturated rings. The van der Waals surface area contributed by atoms with Crippen LogP contribution in [0.2, 0.25) is 4.47 Å². The maximum Gasteiger partial charge on any atom is 0.184 e. The fourth-order valence-electron chi connectivity index (χ4n) is 1.33. The van der Waals surface area contributed by atoms with Crippen molar-refractivity contribution >= 4 is 22.9 Å². The molecule has 1 aromatic carbocycles. The van der Waals surface area contributed by atoms with Crippen LogP contribution in [-0.2, 0) is 6.61 Å². The maximum atomic E-state index is 13.5. The Labute approximate surface area is 99.1 Å². The van der Waals surface area contributed by atoms with Crippen LogP contribution in [0.4, 0.5) is 8.78 Å². The molecule has 84 valence electrons. The fraction of sp³-hybridized carbons (Fsp3) is 0.100. The van der Waals surface area contributed by atoms with Gasteiger partial charge >= 0.3 is 0 Å².